The molecule has 2 amide bonds. The third-order valence-corrected chi connectivity index (χ3v) is 3.51. The van der Waals surface area contributed by atoms with Gasteiger partial charge >= 0.3 is 5.97 Å². The largest absolute Gasteiger partial charge is 0.465 e. The van der Waals surface area contributed by atoms with E-state index in [1.807, 2.05) is 20.8 Å². The summed E-state index contributed by atoms with van der Waals surface area (Å²) in [7, 11) is 1.30. The van der Waals surface area contributed by atoms with Crippen molar-refractivity contribution in [3.8, 4) is 0 Å². The van der Waals surface area contributed by atoms with E-state index in [1.165, 1.54) is 7.11 Å². The second-order valence-corrected chi connectivity index (χ2v) is 6.75. The predicted octanol–water partition coefficient (Wildman–Crippen LogP) is 1.96. The number of benzene rings is 1. The maximum Gasteiger partial charge on any atom is 0.337 e. The molecule has 1 aromatic carbocycles. The monoisotopic (exact) mass is 318 g/mol. The van der Waals surface area contributed by atoms with Crippen LogP contribution >= 0.6 is 0 Å². The lowest BCUT2D eigenvalue weighted by Crippen LogP contribution is -2.42. The Morgan fingerprint density at radius 1 is 1.13 bits per heavy atom. The molecule has 0 saturated heterocycles. The van der Waals surface area contributed by atoms with Gasteiger partial charge in [0.15, 0.2) is 0 Å². The van der Waals surface area contributed by atoms with E-state index >= 15 is 0 Å². The van der Waals surface area contributed by atoms with Gasteiger partial charge in [0, 0.05) is 11.2 Å². The fourth-order valence-corrected chi connectivity index (χ4v) is 2.31. The van der Waals surface area contributed by atoms with Gasteiger partial charge in [-0.15, -0.1) is 0 Å². The number of amides is 2. The zero-order chi connectivity index (χ0) is 17.2. The van der Waals surface area contributed by atoms with Crippen LogP contribution in [0.1, 0.15) is 37.6 Å². The number of carbonyl (C=O) groups is 3. The first-order valence-corrected chi connectivity index (χ1v) is 7.52. The number of hydrogen-bond acceptors (Lipinski definition) is 4. The molecule has 1 aliphatic carbocycles. The van der Waals surface area contributed by atoms with Crippen LogP contribution in [0.5, 0.6) is 0 Å². The van der Waals surface area contributed by atoms with Crippen molar-refractivity contribution in [2.45, 2.75) is 32.7 Å². The molecule has 1 fully saturated rings. The molecule has 2 rings (SSSR count). The fraction of sp³-hybridized carbons (Fsp3) is 0.471. The lowest BCUT2D eigenvalue weighted by molar-refractivity contribution is -0.126. The lowest BCUT2D eigenvalue weighted by atomic mass is 10.1. The highest BCUT2D eigenvalue weighted by atomic mass is 16.5. The minimum absolute atomic E-state index is 0.0963. The molecule has 0 radical (unpaired) electrons. The molecule has 0 aliphatic heterocycles. The zero-order valence-corrected chi connectivity index (χ0v) is 13.8. The first-order chi connectivity index (χ1) is 10.7. The van der Waals surface area contributed by atoms with Crippen LogP contribution in [0, 0.1) is 11.8 Å². The van der Waals surface area contributed by atoms with Gasteiger partial charge in [-0.05, 0) is 45.4 Å². The van der Waals surface area contributed by atoms with E-state index in [4.69, 9.17) is 0 Å². The molecule has 2 N–H and O–H groups in total. The van der Waals surface area contributed by atoms with Crippen molar-refractivity contribution in [2.75, 3.05) is 12.4 Å². The Morgan fingerprint density at radius 2 is 1.78 bits per heavy atom. The highest BCUT2D eigenvalue weighted by Gasteiger charge is 2.48. The minimum atomic E-state index is -0.463. The maximum absolute atomic E-state index is 12.2. The van der Waals surface area contributed by atoms with E-state index in [2.05, 4.69) is 15.4 Å². The summed E-state index contributed by atoms with van der Waals surface area (Å²) >= 11 is 0. The summed E-state index contributed by atoms with van der Waals surface area (Å²) in [6, 6.07) is 6.52. The molecule has 2 unspecified atom stereocenters. The Labute approximate surface area is 135 Å². The van der Waals surface area contributed by atoms with E-state index in [-0.39, 0.29) is 29.2 Å². The fourth-order valence-electron chi connectivity index (χ4n) is 2.31. The molecular weight excluding hydrogens is 296 g/mol. The van der Waals surface area contributed by atoms with Gasteiger partial charge in [0.05, 0.1) is 24.5 Å². The number of ether oxygens (including phenoxy) is 1. The van der Waals surface area contributed by atoms with Crippen LogP contribution in [0.25, 0.3) is 0 Å². The van der Waals surface area contributed by atoms with Crippen LogP contribution in [0.4, 0.5) is 5.69 Å². The standard InChI is InChI=1S/C17H22N2O4/c1-17(2,3)19-15(21)13-9-12(13)14(20)18-11-7-5-6-10(8-11)16(22)23-4/h5-8,12-13H,9H2,1-4H3,(H,18,20)(H,19,21). The Balaban J connectivity index is 1.94. The summed E-state index contributed by atoms with van der Waals surface area (Å²) in [5, 5.41) is 5.63. The van der Waals surface area contributed by atoms with Crippen LogP contribution in [0.2, 0.25) is 0 Å². The number of esters is 1. The molecule has 1 aliphatic rings. The van der Waals surface area contributed by atoms with Gasteiger partial charge in [0.2, 0.25) is 11.8 Å². The first kappa shape index (κ1) is 17.0. The number of nitrogens with one attached hydrogen (secondary N) is 2. The summed E-state index contributed by atoms with van der Waals surface area (Å²) in [5.74, 6) is -1.37. The van der Waals surface area contributed by atoms with E-state index in [0.29, 0.717) is 17.7 Å². The second-order valence-electron chi connectivity index (χ2n) is 6.75. The Hall–Kier alpha value is -2.37. The topological polar surface area (TPSA) is 84.5 Å². The number of anilines is 1. The van der Waals surface area contributed by atoms with Crippen molar-refractivity contribution in [1.29, 1.82) is 0 Å². The molecule has 0 spiro atoms. The Morgan fingerprint density at radius 3 is 2.39 bits per heavy atom. The van der Waals surface area contributed by atoms with Crippen molar-refractivity contribution >= 4 is 23.5 Å². The molecule has 2 atom stereocenters. The number of methoxy groups -OCH3 is 1. The summed E-state index contributed by atoms with van der Waals surface area (Å²) in [6.07, 6.45) is 0.546. The highest BCUT2D eigenvalue weighted by molar-refractivity contribution is 6.00. The molecular formula is C17H22N2O4. The Bertz CT molecular complexity index is 634. The SMILES string of the molecule is COC(=O)c1cccc(NC(=O)C2CC2C(=O)NC(C)(C)C)c1. The number of rotatable bonds is 4. The molecule has 0 heterocycles. The molecule has 23 heavy (non-hydrogen) atoms. The molecule has 6 heteroatoms. The minimum Gasteiger partial charge on any atom is -0.465 e. The van der Waals surface area contributed by atoms with Crippen molar-refractivity contribution in [1.82, 2.24) is 5.32 Å². The molecule has 0 aromatic heterocycles. The van der Waals surface area contributed by atoms with Gasteiger partial charge in [0.25, 0.3) is 0 Å². The van der Waals surface area contributed by atoms with Gasteiger partial charge < -0.3 is 15.4 Å². The number of hydrogen-bond donors (Lipinski definition) is 2. The van der Waals surface area contributed by atoms with Crippen molar-refractivity contribution < 1.29 is 19.1 Å². The van der Waals surface area contributed by atoms with Crippen molar-refractivity contribution in [3.63, 3.8) is 0 Å². The molecule has 1 saturated carbocycles. The van der Waals surface area contributed by atoms with Crippen LogP contribution in [0.3, 0.4) is 0 Å². The van der Waals surface area contributed by atoms with Crippen LogP contribution in [-0.4, -0.2) is 30.4 Å². The van der Waals surface area contributed by atoms with Crippen LogP contribution in [-0.2, 0) is 14.3 Å². The smallest absolute Gasteiger partial charge is 0.337 e. The van der Waals surface area contributed by atoms with Gasteiger partial charge in [-0.2, -0.15) is 0 Å². The Kier molecular flexibility index (Phi) is 4.73. The average Bonchev–Trinajstić information content (AvgIpc) is 3.25. The van der Waals surface area contributed by atoms with Gasteiger partial charge in [-0.25, -0.2) is 4.79 Å². The molecule has 0 bridgehead atoms. The van der Waals surface area contributed by atoms with E-state index in [0.717, 1.165) is 0 Å². The van der Waals surface area contributed by atoms with E-state index in [9.17, 15) is 14.4 Å². The zero-order valence-electron chi connectivity index (χ0n) is 13.8. The summed E-state index contributed by atoms with van der Waals surface area (Å²) < 4.78 is 4.65. The summed E-state index contributed by atoms with van der Waals surface area (Å²) in [5.41, 5.74) is 0.568. The third kappa shape index (κ3) is 4.55. The first-order valence-electron chi connectivity index (χ1n) is 7.52. The van der Waals surface area contributed by atoms with Crippen molar-refractivity contribution in [2.24, 2.45) is 11.8 Å². The number of carbonyl (C=O) groups excluding carboxylic acids is 3. The quantitative estimate of drug-likeness (QED) is 0.831. The second kappa shape index (κ2) is 6.40. The molecule has 124 valence electrons. The normalized spacial score (nSPS) is 19.7. The van der Waals surface area contributed by atoms with Gasteiger partial charge in [0.1, 0.15) is 0 Å². The van der Waals surface area contributed by atoms with E-state index < -0.39 is 5.97 Å². The van der Waals surface area contributed by atoms with Crippen molar-refractivity contribution in [3.05, 3.63) is 29.8 Å². The van der Waals surface area contributed by atoms with Gasteiger partial charge in [-0.1, -0.05) is 6.07 Å². The lowest BCUT2D eigenvalue weighted by Gasteiger charge is -2.20. The summed E-state index contributed by atoms with van der Waals surface area (Å²) in [4.78, 5) is 35.7. The van der Waals surface area contributed by atoms with Crippen LogP contribution in [0.15, 0.2) is 24.3 Å². The maximum atomic E-state index is 12.2. The summed E-state index contributed by atoms with van der Waals surface area (Å²) in [6.45, 7) is 5.71. The van der Waals surface area contributed by atoms with Gasteiger partial charge in [-0.3, -0.25) is 9.59 Å². The third-order valence-electron chi connectivity index (χ3n) is 3.51. The molecule has 6 nitrogen and oxygen atoms in total. The van der Waals surface area contributed by atoms with E-state index in [1.54, 1.807) is 24.3 Å². The predicted molar refractivity (Wildman–Crippen MR) is 85.9 cm³/mol. The highest BCUT2D eigenvalue weighted by Crippen LogP contribution is 2.39. The van der Waals surface area contributed by atoms with Crippen LogP contribution < -0.4 is 10.6 Å². The molecule has 1 aromatic rings. The average molecular weight is 318 g/mol.